The molecule has 1 aromatic rings. The molecule has 0 saturated heterocycles. The lowest BCUT2D eigenvalue weighted by Gasteiger charge is -2.11. The van der Waals surface area contributed by atoms with Crippen molar-refractivity contribution in [2.75, 3.05) is 20.3 Å². The molecule has 5 heteroatoms. The summed E-state index contributed by atoms with van der Waals surface area (Å²) >= 11 is 5.16. The first-order chi connectivity index (χ1) is 8.24. The van der Waals surface area contributed by atoms with Gasteiger partial charge in [0.05, 0.1) is 0 Å². The molecule has 0 aliphatic rings. The quantitative estimate of drug-likeness (QED) is 0.592. The van der Waals surface area contributed by atoms with E-state index in [9.17, 15) is 0 Å². The van der Waals surface area contributed by atoms with Gasteiger partial charge < -0.3 is 15.4 Å². The second-order valence-electron chi connectivity index (χ2n) is 3.76. The van der Waals surface area contributed by atoms with Crippen molar-refractivity contribution in [3.8, 4) is 0 Å². The van der Waals surface area contributed by atoms with E-state index in [1.54, 1.807) is 13.3 Å². The molecule has 0 atom stereocenters. The van der Waals surface area contributed by atoms with Crippen LogP contribution in [0.4, 0.5) is 0 Å². The largest absolute Gasteiger partial charge is 0.385 e. The van der Waals surface area contributed by atoms with Gasteiger partial charge in [0.25, 0.3) is 0 Å². The van der Waals surface area contributed by atoms with Gasteiger partial charge in [-0.05, 0) is 42.8 Å². The highest BCUT2D eigenvalue weighted by molar-refractivity contribution is 7.80. The van der Waals surface area contributed by atoms with E-state index < -0.39 is 0 Å². The maximum atomic E-state index is 5.16. The molecular weight excluding hydrogens is 234 g/mol. The van der Waals surface area contributed by atoms with Crippen LogP contribution in [0, 0.1) is 6.92 Å². The van der Waals surface area contributed by atoms with E-state index in [1.807, 2.05) is 12.3 Å². The molecule has 2 N–H and O–H groups in total. The summed E-state index contributed by atoms with van der Waals surface area (Å²) in [5, 5.41) is 6.95. The Hall–Kier alpha value is -1.20. The number of ether oxygens (including phenoxy) is 1. The van der Waals surface area contributed by atoms with Crippen LogP contribution in [0.5, 0.6) is 0 Å². The van der Waals surface area contributed by atoms with Gasteiger partial charge in [0, 0.05) is 39.2 Å². The van der Waals surface area contributed by atoms with Crippen LogP contribution in [0.25, 0.3) is 0 Å². The number of hydrogen-bond donors (Lipinski definition) is 2. The summed E-state index contributed by atoms with van der Waals surface area (Å²) in [6.07, 6.45) is 4.60. The Morgan fingerprint density at radius 1 is 1.47 bits per heavy atom. The SMILES string of the molecule is COCCCNC(=S)NCc1cnccc1C. The molecular formula is C12H19N3OS. The Morgan fingerprint density at radius 3 is 3.00 bits per heavy atom. The van der Waals surface area contributed by atoms with Gasteiger partial charge >= 0.3 is 0 Å². The number of aryl methyl sites for hydroxylation is 1. The van der Waals surface area contributed by atoms with Crippen LogP contribution in [-0.2, 0) is 11.3 Å². The summed E-state index contributed by atoms with van der Waals surface area (Å²) < 4.78 is 4.96. The van der Waals surface area contributed by atoms with Gasteiger partial charge in [-0.1, -0.05) is 0 Å². The molecule has 0 fully saturated rings. The molecule has 4 nitrogen and oxygen atoms in total. The van der Waals surface area contributed by atoms with E-state index in [0.29, 0.717) is 11.7 Å². The van der Waals surface area contributed by atoms with Crippen LogP contribution in [0.15, 0.2) is 18.5 Å². The number of pyridine rings is 1. The minimum atomic E-state index is 0.671. The maximum absolute atomic E-state index is 5.16. The summed E-state index contributed by atoms with van der Waals surface area (Å²) in [4.78, 5) is 4.09. The lowest BCUT2D eigenvalue weighted by molar-refractivity contribution is 0.195. The number of thiocarbonyl (C=S) groups is 1. The van der Waals surface area contributed by atoms with Crippen LogP contribution in [0.2, 0.25) is 0 Å². The first kappa shape index (κ1) is 13.9. The van der Waals surface area contributed by atoms with Gasteiger partial charge in [-0.2, -0.15) is 0 Å². The fourth-order valence-electron chi connectivity index (χ4n) is 1.34. The average Bonchev–Trinajstić information content (AvgIpc) is 2.34. The zero-order valence-corrected chi connectivity index (χ0v) is 11.1. The second kappa shape index (κ2) is 7.97. The van der Waals surface area contributed by atoms with Crippen molar-refractivity contribution in [3.63, 3.8) is 0 Å². The Kier molecular flexibility index (Phi) is 6.50. The summed E-state index contributed by atoms with van der Waals surface area (Å²) in [7, 11) is 1.70. The van der Waals surface area contributed by atoms with Gasteiger partial charge in [-0.3, -0.25) is 4.98 Å². The van der Waals surface area contributed by atoms with E-state index >= 15 is 0 Å². The molecule has 1 heterocycles. The minimum absolute atomic E-state index is 0.671. The zero-order chi connectivity index (χ0) is 12.5. The van der Waals surface area contributed by atoms with Crippen LogP contribution in [0.3, 0.4) is 0 Å². The van der Waals surface area contributed by atoms with Gasteiger partial charge in [-0.15, -0.1) is 0 Å². The fraction of sp³-hybridized carbons (Fsp3) is 0.500. The highest BCUT2D eigenvalue weighted by Gasteiger charge is 1.99. The highest BCUT2D eigenvalue weighted by atomic mass is 32.1. The van der Waals surface area contributed by atoms with Gasteiger partial charge in [0.15, 0.2) is 5.11 Å². The van der Waals surface area contributed by atoms with Crippen LogP contribution in [0.1, 0.15) is 17.5 Å². The molecule has 0 aliphatic carbocycles. The van der Waals surface area contributed by atoms with Gasteiger partial charge in [-0.25, -0.2) is 0 Å². The van der Waals surface area contributed by atoms with E-state index in [2.05, 4.69) is 22.5 Å². The third-order valence-electron chi connectivity index (χ3n) is 2.40. The summed E-state index contributed by atoms with van der Waals surface area (Å²) in [5.41, 5.74) is 2.38. The molecule has 0 bridgehead atoms. The fourth-order valence-corrected chi connectivity index (χ4v) is 1.51. The molecule has 0 aromatic carbocycles. The Balaban J connectivity index is 2.22. The minimum Gasteiger partial charge on any atom is -0.385 e. The van der Waals surface area contributed by atoms with Gasteiger partial charge in [0.1, 0.15) is 0 Å². The summed E-state index contributed by atoms with van der Waals surface area (Å²) in [5.74, 6) is 0. The standard InChI is InChI=1S/C12H19N3OS/c1-10-4-6-13-8-11(10)9-15-12(17)14-5-3-7-16-2/h4,6,8H,3,5,7,9H2,1-2H3,(H2,14,15,17). The predicted octanol–water partition coefficient (Wildman–Crippen LogP) is 1.39. The molecule has 94 valence electrons. The van der Waals surface area contributed by atoms with Crippen LogP contribution < -0.4 is 10.6 Å². The van der Waals surface area contributed by atoms with E-state index in [4.69, 9.17) is 17.0 Å². The average molecular weight is 253 g/mol. The van der Waals surface area contributed by atoms with Crippen molar-refractivity contribution in [1.82, 2.24) is 15.6 Å². The molecule has 0 saturated carbocycles. The molecule has 0 amide bonds. The molecule has 17 heavy (non-hydrogen) atoms. The third-order valence-corrected chi connectivity index (χ3v) is 2.69. The molecule has 1 aromatic heterocycles. The normalized spacial score (nSPS) is 10.0. The van der Waals surface area contributed by atoms with Crippen molar-refractivity contribution < 1.29 is 4.74 Å². The number of nitrogens with zero attached hydrogens (tertiary/aromatic N) is 1. The van der Waals surface area contributed by atoms with Crippen LogP contribution in [-0.4, -0.2) is 30.4 Å². The number of aromatic nitrogens is 1. The van der Waals surface area contributed by atoms with Crippen molar-refractivity contribution in [3.05, 3.63) is 29.6 Å². The highest BCUT2D eigenvalue weighted by Crippen LogP contribution is 2.03. The molecule has 0 unspecified atom stereocenters. The van der Waals surface area contributed by atoms with Gasteiger partial charge in [0.2, 0.25) is 0 Å². The zero-order valence-electron chi connectivity index (χ0n) is 10.3. The Labute approximate surface area is 108 Å². The van der Waals surface area contributed by atoms with E-state index in [-0.39, 0.29) is 0 Å². The topological polar surface area (TPSA) is 46.2 Å². The molecule has 0 aliphatic heterocycles. The number of methoxy groups -OCH3 is 1. The first-order valence-electron chi connectivity index (χ1n) is 5.64. The number of nitrogens with one attached hydrogen (secondary N) is 2. The molecule has 1 rings (SSSR count). The molecule has 0 spiro atoms. The van der Waals surface area contributed by atoms with Crippen LogP contribution >= 0.6 is 12.2 Å². The lowest BCUT2D eigenvalue weighted by atomic mass is 10.2. The Morgan fingerprint density at radius 2 is 2.29 bits per heavy atom. The predicted molar refractivity (Wildman–Crippen MR) is 72.9 cm³/mol. The number of hydrogen-bond acceptors (Lipinski definition) is 3. The van der Waals surface area contributed by atoms with Crippen molar-refractivity contribution in [1.29, 1.82) is 0 Å². The van der Waals surface area contributed by atoms with E-state index in [0.717, 1.165) is 25.1 Å². The smallest absolute Gasteiger partial charge is 0.166 e. The van der Waals surface area contributed by atoms with E-state index in [1.165, 1.54) is 5.56 Å². The van der Waals surface area contributed by atoms with Crippen molar-refractivity contribution >= 4 is 17.3 Å². The number of rotatable bonds is 6. The lowest BCUT2D eigenvalue weighted by Crippen LogP contribution is -2.35. The van der Waals surface area contributed by atoms with Crippen molar-refractivity contribution in [2.45, 2.75) is 19.9 Å². The second-order valence-corrected chi connectivity index (χ2v) is 4.17. The third kappa shape index (κ3) is 5.60. The summed E-state index contributed by atoms with van der Waals surface area (Å²) in [6, 6.07) is 1.99. The van der Waals surface area contributed by atoms with Crippen molar-refractivity contribution in [2.24, 2.45) is 0 Å². The maximum Gasteiger partial charge on any atom is 0.166 e. The summed E-state index contributed by atoms with van der Waals surface area (Å²) in [6.45, 7) is 4.34. The monoisotopic (exact) mass is 253 g/mol. The molecule has 0 radical (unpaired) electrons. The Bertz CT molecular complexity index is 357. The first-order valence-corrected chi connectivity index (χ1v) is 6.05.